The number of morpholine rings is 1. The molecular weight excluding hydrogens is 360 g/mol. The summed E-state index contributed by atoms with van der Waals surface area (Å²) in [6, 6.07) is 3.96. The molecule has 0 spiro atoms. The lowest BCUT2D eigenvalue weighted by atomic mass is 10.2. The first kappa shape index (κ1) is 17.2. The zero-order valence-corrected chi connectivity index (χ0v) is 16.2. The highest BCUT2D eigenvalue weighted by Crippen LogP contribution is 2.39. The number of thiophene rings is 1. The van der Waals surface area contributed by atoms with Gasteiger partial charge in [0.2, 0.25) is 0 Å². The van der Waals surface area contributed by atoms with E-state index in [-0.39, 0.29) is 0 Å². The first-order valence-corrected chi connectivity index (χ1v) is 10.7. The van der Waals surface area contributed by atoms with Gasteiger partial charge in [-0.15, -0.1) is 11.3 Å². The molecule has 1 aliphatic heterocycles. The predicted octanol–water partition coefficient (Wildman–Crippen LogP) is 1.84. The SMILES string of the molecule is c1coc(CCNc2nc(C[NH+]3CCOCC3)nc3sc4c(c23)CCC4)c1. The number of aryl methyl sites for hydroxylation is 2. The van der Waals surface area contributed by atoms with Crippen molar-refractivity contribution in [3.63, 3.8) is 0 Å². The third-order valence-corrected chi connectivity index (χ3v) is 6.65. The Labute approximate surface area is 162 Å². The molecule has 1 saturated heterocycles. The van der Waals surface area contributed by atoms with Crippen LogP contribution < -0.4 is 10.2 Å². The van der Waals surface area contributed by atoms with E-state index in [1.165, 1.54) is 33.6 Å². The highest BCUT2D eigenvalue weighted by Gasteiger charge is 2.24. The Hall–Kier alpha value is -1.96. The number of hydrogen-bond donors (Lipinski definition) is 2. The first-order chi connectivity index (χ1) is 13.4. The third-order valence-electron chi connectivity index (χ3n) is 5.46. The Bertz CT molecular complexity index is 916. The number of furan rings is 1. The second kappa shape index (κ2) is 7.58. The van der Waals surface area contributed by atoms with Crippen molar-refractivity contribution in [3.8, 4) is 0 Å². The molecule has 4 heterocycles. The van der Waals surface area contributed by atoms with Crippen LogP contribution in [0.5, 0.6) is 0 Å². The topological polar surface area (TPSA) is 64.6 Å². The van der Waals surface area contributed by atoms with Crippen LogP contribution in [-0.2, 0) is 30.5 Å². The van der Waals surface area contributed by atoms with Crippen molar-refractivity contribution in [2.24, 2.45) is 0 Å². The summed E-state index contributed by atoms with van der Waals surface area (Å²) in [5.41, 5.74) is 1.47. The minimum absolute atomic E-state index is 0.814. The number of ether oxygens (including phenoxy) is 1. The van der Waals surface area contributed by atoms with Gasteiger partial charge in [-0.05, 0) is 37.0 Å². The van der Waals surface area contributed by atoms with Crippen molar-refractivity contribution in [2.45, 2.75) is 32.2 Å². The van der Waals surface area contributed by atoms with E-state index >= 15 is 0 Å². The van der Waals surface area contributed by atoms with Gasteiger partial charge in [-0.3, -0.25) is 0 Å². The maximum absolute atomic E-state index is 5.48. The van der Waals surface area contributed by atoms with Crippen molar-refractivity contribution >= 4 is 27.4 Å². The molecule has 0 bridgehead atoms. The fourth-order valence-electron chi connectivity index (χ4n) is 4.07. The fraction of sp³-hybridized carbons (Fsp3) is 0.500. The summed E-state index contributed by atoms with van der Waals surface area (Å²) in [6.07, 6.45) is 6.18. The summed E-state index contributed by atoms with van der Waals surface area (Å²) in [6.45, 7) is 5.41. The Balaban J connectivity index is 1.42. The van der Waals surface area contributed by atoms with E-state index in [0.29, 0.717) is 0 Å². The molecule has 142 valence electrons. The molecule has 0 aromatic carbocycles. The summed E-state index contributed by atoms with van der Waals surface area (Å²) in [5.74, 6) is 2.95. The van der Waals surface area contributed by atoms with E-state index in [1.54, 1.807) is 6.26 Å². The van der Waals surface area contributed by atoms with E-state index in [2.05, 4.69) is 5.32 Å². The molecular formula is C20H25N4O2S+. The molecule has 1 fully saturated rings. The van der Waals surface area contributed by atoms with Crippen molar-refractivity contribution in [2.75, 3.05) is 38.2 Å². The second-order valence-electron chi connectivity index (χ2n) is 7.32. The molecule has 0 amide bonds. The molecule has 7 heteroatoms. The van der Waals surface area contributed by atoms with Crippen molar-refractivity contribution < 1.29 is 14.1 Å². The number of nitrogens with zero attached hydrogens (tertiary/aromatic N) is 2. The molecule has 27 heavy (non-hydrogen) atoms. The Kier molecular flexibility index (Phi) is 4.82. The van der Waals surface area contributed by atoms with Crippen molar-refractivity contribution in [3.05, 3.63) is 40.4 Å². The number of rotatable bonds is 6. The van der Waals surface area contributed by atoms with Crippen LogP contribution in [0.4, 0.5) is 5.82 Å². The number of anilines is 1. The molecule has 0 radical (unpaired) electrons. The first-order valence-electron chi connectivity index (χ1n) is 9.85. The zero-order chi connectivity index (χ0) is 18.1. The van der Waals surface area contributed by atoms with Gasteiger partial charge in [0.25, 0.3) is 0 Å². The van der Waals surface area contributed by atoms with Crippen LogP contribution in [0.2, 0.25) is 0 Å². The van der Waals surface area contributed by atoms with E-state index < -0.39 is 0 Å². The highest BCUT2D eigenvalue weighted by molar-refractivity contribution is 7.19. The van der Waals surface area contributed by atoms with Crippen LogP contribution in [0.15, 0.2) is 22.8 Å². The van der Waals surface area contributed by atoms with E-state index in [1.807, 2.05) is 23.5 Å². The molecule has 0 atom stereocenters. The van der Waals surface area contributed by atoms with Crippen LogP contribution in [0.3, 0.4) is 0 Å². The van der Waals surface area contributed by atoms with Crippen molar-refractivity contribution in [1.82, 2.24) is 9.97 Å². The van der Waals surface area contributed by atoms with Gasteiger partial charge in [0.05, 0.1) is 24.9 Å². The zero-order valence-electron chi connectivity index (χ0n) is 15.4. The highest BCUT2D eigenvalue weighted by atomic mass is 32.1. The lowest BCUT2D eigenvalue weighted by molar-refractivity contribution is -0.922. The quantitative estimate of drug-likeness (QED) is 0.678. The van der Waals surface area contributed by atoms with E-state index in [0.717, 1.165) is 74.5 Å². The van der Waals surface area contributed by atoms with Gasteiger partial charge in [0.15, 0.2) is 5.82 Å². The lowest BCUT2D eigenvalue weighted by Crippen LogP contribution is -3.12. The summed E-state index contributed by atoms with van der Waals surface area (Å²) < 4.78 is 10.9. The number of nitrogens with one attached hydrogen (secondary N) is 2. The minimum atomic E-state index is 0.814. The third kappa shape index (κ3) is 3.59. The number of aromatic nitrogens is 2. The molecule has 1 aliphatic carbocycles. The number of hydrogen-bond acceptors (Lipinski definition) is 6. The molecule has 5 rings (SSSR count). The van der Waals surface area contributed by atoms with Gasteiger partial charge in [-0.1, -0.05) is 0 Å². The maximum atomic E-state index is 5.48. The Morgan fingerprint density at radius 2 is 2.11 bits per heavy atom. The number of fused-ring (bicyclic) bond motifs is 3. The molecule has 0 saturated carbocycles. The average Bonchev–Trinajstić information content (AvgIpc) is 3.39. The fourth-order valence-corrected chi connectivity index (χ4v) is 5.35. The van der Waals surface area contributed by atoms with Gasteiger partial charge in [-0.2, -0.15) is 0 Å². The van der Waals surface area contributed by atoms with Gasteiger partial charge in [-0.25, -0.2) is 9.97 Å². The normalized spacial score (nSPS) is 17.5. The van der Waals surface area contributed by atoms with E-state index in [9.17, 15) is 0 Å². The second-order valence-corrected chi connectivity index (χ2v) is 8.40. The maximum Gasteiger partial charge on any atom is 0.187 e. The molecule has 3 aromatic heterocycles. The Morgan fingerprint density at radius 1 is 1.19 bits per heavy atom. The summed E-state index contributed by atoms with van der Waals surface area (Å²) in [4.78, 5) is 14.1. The van der Waals surface area contributed by atoms with Crippen LogP contribution in [0, 0.1) is 0 Å². The smallest absolute Gasteiger partial charge is 0.187 e. The summed E-state index contributed by atoms with van der Waals surface area (Å²) in [5, 5.41) is 4.84. The Morgan fingerprint density at radius 3 is 2.96 bits per heavy atom. The van der Waals surface area contributed by atoms with Crippen LogP contribution in [-0.4, -0.2) is 42.8 Å². The molecule has 2 N–H and O–H groups in total. The lowest BCUT2D eigenvalue weighted by Gasteiger charge is -2.23. The molecule has 2 aliphatic rings. The van der Waals surface area contributed by atoms with Gasteiger partial charge in [0, 0.05) is 17.8 Å². The van der Waals surface area contributed by atoms with Crippen molar-refractivity contribution in [1.29, 1.82) is 0 Å². The van der Waals surface area contributed by atoms with Gasteiger partial charge >= 0.3 is 0 Å². The van der Waals surface area contributed by atoms with Crippen LogP contribution in [0.1, 0.15) is 28.4 Å². The molecule has 0 unspecified atom stereocenters. The predicted molar refractivity (Wildman–Crippen MR) is 106 cm³/mol. The van der Waals surface area contributed by atoms with E-state index in [4.69, 9.17) is 19.1 Å². The molecule has 3 aromatic rings. The van der Waals surface area contributed by atoms with Crippen LogP contribution >= 0.6 is 11.3 Å². The largest absolute Gasteiger partial charge is 0.469 e. The monoisotopic (exact) mass is 385 g/mol. The standard InChI is InChI=1S/C20H24N4O2S/c1-4-15-16(5-1)27-20-18(15)19(21-7-6-14-3-2-10-26-14)22-17(23-20)13-24-8-11-25-12-9-24/h2-3,10H,1,4-9,11-13H2,(H,21,22,23)/p+1. The summed E-state index contributed by atoms with van der Waals surface area (Å²) in [7, 11) is 0. The molecule has 6 nitrogen and oxygen atoms in total. The van der Waals surface area contributed by atoms with Gasteiger partial charge < -0.3 is 19.4 Å². The minimum Gasteiger partial charge on any atom is -0.469 e. The average molecular weight is 386 g/mol. The number of quaternary nitrogens is 1. The van der Waals surface area contributed by atoms with Gasteiger partial charge in [0.1, 0.15) is 36.0 Å². The van der Waals surface area contributed by atoms with Crippen LogP contribution in [0.25, 0.3) is 10.2 Å². The summed E-state index contributed by atoms with van der Waals surface area (Å²) >= 11 is 1.86.